The summed E-state index contributed by atoms with van der Waals surface area (Å²) in [6, 6.07) is 6.34. The molecule has 0 amide bonds. The summed E-state index contributed by atoms with van der Waals surface area (Å²) in [5.74, 6) is -1.20. The van der Waals surface area contributed by atoms with Gasteiger partial charge in [-0.05, 0) is 31.7 Å². The highest BCUT2D eigenvalue weighted by molar-refractivity contribution is 5.69. The molecular formula is C14H19F2NO3. The van der Waals surface area contributed by atoms with Crippen LogP contribution in [-0.4, -0.2) is 36.2 Å². The molecule has 112 valence electrons. The zero-order valence-electron chi connectivity index (χ0n) is 11.7. The van der Waals surface area contributed by atoms with E-state index in [4.69, 9.17) is 5.11 Å². The molecule has 0 aliphatic rings. The van der Waals surface area contributed by atoms with Crippen LogP contribution < -0.4 is 4.74 Å². The number of hydrogen-bond acceptors (Lipinski definition) is 3. The van der Waals surface area contributed by atoms with E-state index in [2.05, 4.69) is 4.74 Å². The Labute approximate surface area is 117 Å². The van der Waals surface area contributed by atoms with E-state index in [9.17, 15) is 13.6 Å². The number of carboxylic acids is 1. The minimum atomic E-state index is -2.84. The third-order valence-electron chi connectivity index (χ3n) is 3.23. The molecule has 0 bridgehead atoms. The Balaban J connectivity index is 2.66. The number of carboxylic acid groups (broad SMARTS) is 1. The average Bonchev–Trinajstić information content (AvgIpc) is 2.37. The number of nitrogens with zero attached hydrogens (tertiary/aromatic N) is 1. The standard InChI is InChI=1S/C14H19F2NO3/c1-9(13(18)19)8-17(3)10(2)11-4-6-12(7-5-11)20-14(15)16/h4-7,9-10,14H,8H2,1-3H3,(H,18,19). The summed E-state index contributed by atoms with van der Waals surface area (Å²) in [6.45, 7) is 1.14. The van der Waals surface area contributed by atoms with Gasteiger partial charge >= 0.3 is 12.6 Å². The zero-order valence-corrected chi connectivity index (χ0v) is 11.7. The Morgan fingerprint density at radius 2 is 1.85 bits per heavy atom. The highest BCUT2D eigenvalue weighted by Gasteiger charge is 2.18. The Hall–Kier alpha value is -1.69. The number of ether oxygens (including phenoxy) is 1. The van der Waals surface area contributed by atoms with Crippen LogP contribution in [0, 0.1) is 5.92 Å². The van der Waals surface area contributed by atoms with Gasteiger partial charge < -0.3 is 9.84 Å². The second kappa shape index (κ2) is 7.19. The molecule has 0 fully saturated rings. The average molecular weight is 287 g/mol. The van der Waals surface area contributed by atoms with Gasteiger partial charge in [0, 0.05) is 12.6 Å². The molecule has 0 radical (unpaired) electrons. The van der Waals surface area contributed by atoms with Crippen LogP contribution in [-0.2, 0) is 4.79 Å². The van der Waals surface area contributed by atoms with Crippen LogP contribution in [0.15, 0.2) is 24.3 Å². The lowest BCUT2D eigenvalue weighted by atomic mass is 10.1. The second-order valence-corrected chi connectivity index (χ2v) is 4.80. The first-order chi connectivity index (χ1) is 9.31. The van der Waals surface area contributed by atoms with Crippen molar-refractivity contribution in [3.63, 3.8) is 0 Å². The van der Waals surface area contributed by atoms with Crippen LogP contribution in [0.3, 0.4) is 0 Å². The lowest BCUT2D eigenvalue weighted by molar-refractivity contribution is -0.141. The lowest BCUT2D eigenvalue weighted by Gasteiger charge is -2.26. The van der Waals surface area contributed by atoms with E-state index >= 15 is 0 Å². The minimum Gasteiger partial charge on any atom is -0.481 e. The van der Waals surface area contributed by atoms with E-state index in [1.807, 2.05) is 18.9 Å². The number of halogens is 2. The summed E-state index contributed by atoms with van der Waals surface area (Å²) in [5, 5.41) is 8.89. The summed E-state index contributed by atoms with van der Waals surface area (Å²) in [6.07, 6.45) is 0. The summed E-state index contributed by atoms with van der Waals surface area (Å²) in [4.78, 5) is 12.7. The first-order valence-electron chi connectivity index (χ1n) is 6.29. The maximum atomic E-state index is 12.0. The summed E-state index contributed by atoms with van der Waals surface area (Å²) in [7, 11) is 1.83. The monoisotopic (exact) mass is 287 g/mol. The molecule has 0 spiro atoms. The molecule has 0 saturated carbocycles. The SMILES string of the molecule is CC(CN(C)C(C)c1ccc(OC(F)F)cc1)C(=O)O. The summed E-state index contributed by atoms with van der Waals surface area (Å²) < 4.78 is 28.4. The van der Waals surface area contributed by atoms with Gasteiger partial charge in [0.25, 0.3) is 0 Å². The molecule has 4 nitrogen and oxygen atoms in total. The van der Waals surface area contributed by atoms with Gasteiger partial charge in [-0.25, -0.2) is 0 Å². The second-order valence-electron chi connectivity index (χ2n) is 4.80. The van der Waals surface area contributed by atoms with Crippen LogP contribution >= 0.6 is 0 Å². The van der Waals surface area contributed by atoms with Crippen molar-refractivity contribution < 1.29 is 23.4 Å². The first-order valence-corrected chi connectivity index (χ1v) is 6.29. The molecule has 2 unspecified atom stereocenters. The molecule has 6 heteroatoms. The van der Waals surface area contributed by atoms with Gasteiger partial charge in [0.15, 0.2) is 0 Å². The normalized spacial score (nSPS) is 14.3. The van der Waals surface area contributed by atoms with Crippen molar-refractivity contribution in [2.24, 2.45) is 5.92 Å². The summed E-state index contributed by atoms with van der Waals surface area (Å²) >= 11 is 0. The highest BCUT2D eigenvalue weighted by atomic mass is 19.3. The van der Waals surface area contributed by atoms with Gasteiger partial charge in [0.1, 0.15) is 5.75 Å². The van der Waals surface area contributed by atoms with Crippen molar-refractivity contribution in [2.45, 2.75) is 26.5 Å². The van der Waals surface area contributed by atoms with Crippen LogP contribution in [0.25, 0.3) is 0 Å². The predicted molar refractivity (Wildman–Crippen MR) is 70.9 cm³/mol. The van der Waals surface area contributed by atoms with E-state index in [1.54, 1.807) is 19.1 Å². The molecule has 0 saturated heterocycles. The van der Waals surface area contributed by atoms with E-state index in [0.29, 0.717) is 6.54 Å². The van der Waals surface area contributed by atoms with Crippen LogP contribution in [0.2, 0.25) is 0 Å². The fraction of sp³-hybridized carbons (Fsp3) is 0.500. The molecule has 0 aliphatic carbocycles. The predicted octanol–water partition coefficient (Wildman–Crippen LogP) is 3.00. The molecule has 1 aromatic rings. The molecule has 0 aliphatic heterocycles. The molecular weight excluding hydrogens is 268 g/mol. The number of rotatable bonds is 7. The molecule has 1 rings (SSSR count). The van der Waals surface area contributed by atoms with Gasteiger partial charge in [-0.1, -0.05) is 19.1 Å². The lowest BCUT2D eigenvalue weighted by Crippen LogP contribution is -2.30. The number of aliphatic carboxylic acids is 1. The summed E-state index contributed by atoms with van der Waals surface area (Å²) in [5.41, 5.74) is 0.909. The molecule has 20 heavy (non-hydrogen) atoms. The molecule has 1 aromatic carbocycles. The third kappa shape index (κ3) is 4.77. The smallest absolute Gasteiger partial charge is 0.387 e. The fourth-order valence-corrected chi connectivity index (χ4v) is 1.85. The Kier molecular flexibility index (Phi) is 5.88. The Bertz CT molecular complexity index is 437. The van der Waals surface area contributed by atoms with E-state index in [1.165, 1.54) is 12.1 Å². The van der Waals surface area contributed by atoms with Crippen LogP contribution in [0.5, 0.6) is 5.75 Å². The molecule has 0 heterocycles. The van der Waals surface area contributed by atoms with Crippen molar-refractivity contribution in [1.29, 1.82) is 0 Å². The fourth-order valence-electron chi connectivity index (χ4n) is 1.85. The van der Waals surface area contributed by atoms with Gasteiger partial charge in [-0.15, -0.1) is 0 Å². The van der Waals surface area contributed by atoms with Gasteiger partial charge in [0.2, 0.25) is 0 Å². The Morgan fingerprint density at radius 1 is 1.30 bits per heavy atom. The quantitative estimate of drug-likeness (QED) is 0.837. The number of hydrogen-bond donors (Lipinski definition) is 1. The van der Waals surface area contributed by atoms with Crippen LogP contribution in [0.4, 0.5) is 8.78 Å². The maximum absolute atomic E-state index is 12.0. The highest BCUT2D eigenvalue weighted by Crippen LogP contribution is 2.23. The van der Waals surface area contributed by atoms with E-state index in [-0.39, 0.29) is 11.8 Å². The topological polar surface area (TPSA) is 49.8 Å². The maximum Gasteiger partial charge on any atom is 0.387 e. The van der Waals surface area contributed by atoms with E-state index < -0.39 is 18.5 Å². The Morgan fingerprint density at radius 3 is 2.30 bits per heavy atom. The van der Waals surface area contributed by atoms with Crippen LogP contribution in [0.1, 0.15) is 25.5 Å². The van der Waals surface area contributed by atoms with Gasteiger partial charge in [-0.3, -0.25) is 9.69 Å². The van der Waals surface area contributed by atoms with Gasteiger partial charge in [0.05, 0.1) is 5.92 Å². The van der Waals surface area contributed by atoms with Crippen molar-refractivity contribution in [2.75, 3.05) is 13.6 Å². The molecule has 0 aromatic heterocycles. The van der Waals surface area contributed by atoms with Crippen molar-refractivity contribution in [1.82, 2.24) is 4.90 Å². The number of alkyl halides is 2. The first kappa shape index (κ1) is 16.4. The largest absolute Gasteiger partial charge is 0.481 e. The van der Waals surface area contributed by atoms with Gasteiger partial charge in [-0.2, -0.15) is 8.78 Å². The minimum absolute atomic E-state index is 0.0163. The number of carbonyl (C=O) groups is 1. The van der Waals surface area contributed by atoms with Crippen molar-refractivity contribution >= 4 is 5.97 Å². The number of benzene rings is 1. The molecule has 2 atom stereocenters. The van der Waals surface area contributed by atoms with Crippen molar-refractivity contribution in [3.05, 3.63) is 29.8 Å². The van der Waals surface area contributed by atoms with E-state index in [0.717, 1.165) is 5.56 Å². The van der Waals surface area contributed by atoms with Crippen molar-refractivity contribution in [3.8, 4) is 5.75 Å². The molecule has 1 N–H and O–H groups in total. The third-order valence-corrected chi connectivity index (χ3v) is 3.23. The zero-order chi connectivity index (χ0) is 15.3.